The van der Waals surface area contributed by atoms with E-state index in [-0.39, 0.29) is 35.6 Å². The minimum Gasteiger partial charge on any atom is -0.477 e. The maximum absolute atomic E-state index is 12.8. The highest BCUT2D eigenvalue weighted by Gasteiger charge is 2.25. The normalized spacial score (nSPS) is 14.6. The number of likely N-dealkylation sites (tertiary alicyclic amines) is 1. The molecule has 1 saturated heterocycles. The molecular weight excluding hydrogens is 386 g/mol. The summed E-state index contributed by atoms with van der Waals surface area (Å²) in [6.45, 7) is 2.51. The third-order valence-electron chi connectivity index (χ3n) is 5.20. The van der Waals surface area contributed by atoms with Crippen molar-refractivity contribution >= 4 is 22.7 Å². The van der Waals surface area contributed by atoms with Gasteiger partial charge in [-0.1, -0.05) is 18.2 Å². The van der Waals surface area contributed by atoms with Crippen LogP contribution < -0.4 is 15.5 Å². The fourth-order valence-electron chi connectivity index (χ4n) is 3.60. The number of fused-ring (bicyclic) bond motifs is 1. The zero-order valence-corrected chi connectivity index (χ0v) is 16.6. The highest BCUT2D eigenvalue weighted by Crippen LogP contribution is 2.18. The van der Waals surface area contributed by atoms with Crippen LogP contribution >= 0.6 is 0 Å². The van der Waals surface area contributed by atoms with E-state index in [9.17, 15) is 14.4 Å². The molecule has 2 amide bonds. The quantitative estimate of drug-likeness (QED) is 0.672. The molecule has 4 rings (SSSR count). The minimum atomic E-state index is -0.324. The molecule has 30 heavy (non-hydrogen) atoms. The largest absolute Gasteiger partial charge is 0.477 e. The molecule has 1 aliphatic rings. The lowest BCUT2D eigenvalue weighted by Crippen LogP contribution is -2.47. The minimum absolute atomic E-state index is 0.00880. The number of para-hydroxylation sites is 1. The molecule has 1 aromatic carbocycles. The van der Waals surface area contributed by atoms with Crippen LogP contribution in [0.25, 0.3) is 10.9 Å². The number of hydrogen-bond acceptors (Lipinski definition) is 5. The van der Waals surface area contributed by atoms with E-state index in [1.165, 1.54) is 12.3 Å². The first-order chi connectivity index (χ1) is 14.5. The first-order valence-corrected chi connectivity index (χ1v) is 9.88. The van der Waals surface area contributed by atoms with Crippen molar-refractivity contribution in [2.24, 2.45) is 0 Å². The van der Waals surface area contributed by atoms with Gasteiger partial charge < -0.3 is 24.4 Å². The predicted molar refractivity (Wildman–Crippen MR) is 111 cm³/mol. The van der Waals surface area contributed by atoms with Crippen molar-refractivity contribution in [3.05, 3.63) is 64.3 Å². The van der Waals surface area contributed by atoms with Crippen molar-refractivity contribution in [3.8, 4) is 5.75 Å². The van der Waals surface area contributed by atoms with Crippen molar-refractivity contribution in [3.63, 3.8) is 0 Å². The molecule has 0 radical (unpaired) electrons. The van der Waals surface area contributed by atoms with Crippen molar-refractivity contribution in [2.75, 3.05) is 19.7 Å². The second-order valence-electron chi connectivity index (χ2n) is 7.41. The second-order valence-corrected chi connectivity index (χ2v) is 7.41. The number of nitrogens with zero attached hydrogens (tertiary/aromatic N) is 1. The summed E-state index contributed by atoms with van der Waals surface area (Å²) in [5, 5.41) is 3.90. The summed E-state index contributed by atoms with van der Waals surface area (Å²) >= 11 is 0. The monoisotopic (exact) mass is 409 g/mol. The number of H-pyrrole nitrogens is 1. The lowest BCUT2D eigenvalue weighted by atomic mass is 10.0. The molecule has 0 bridgehead atoms. The number of nitrogens with one attached hydrogen (secondary N) is 2. The van der Waals surface area contributed by atoms with Crippen LogP contribution in [-0.4, -0.2) is 47.4 Å². The lowest BCUT2D eigenvalue weighted by molar-refractivity contribution is -0.124. The summed E-state index contributed by atoms with van der Waals surface area (Å²) in [6.07, 6.45) is 2.52. The Kier molecular flexibility index (Phi) is 5.56. The third kappa shape index (κ3) is 4.37. The Morgan fingerprint density at radius 3 is 2.73 bits per heavy atom. The molecule has 0 unspecified atom stereocenters. The maximum Gasteiger partial charge on any atom is 0.270 e. The molecule has 1 fully saturated rings. The molecule has 2 N–H and O–H groups in total. The van der Waals surface area contributed by atoms with E-state index in [4.69, 9.17) is 9.15 Å². The molecule has 2 aromatic heterocycles. The zero-order chi connectivity index (χ0) is 21.1. The lowest BCUT2D eigenvalue weighted by Gasteiger charge is -2.32. The fourth-order valence-corrected chi connectivity index (χ4v) is 3.60. The summed E-state index contributed by atoms with van der Waals surface area (Å²) in [5.41, 5.74) is 1.19. The van der Waals surface area contributed by atoms with Crippen LogP contribution in [0.3, 0.4) is 0 Å². The molecule has 8 heteroatoms. The van der Waals surface area contributed by atoms with Gasteiger partial charge in [-0.3, -0.25) is 14.4 Å². The van der Waals surface area contributed by atoms with Crippen LogP contribution in [0.2, 0.25) is 0 Å². The van der Waals surface area contributed by atoms with Gasteiger partial charge in [-0.15, -0.1) is 0 Å². The van der Waals surface area contributed by atoms with E-state index in [0.717, 1.165) is 10.9 Å². The molecule has 0 saturated carbocycles. The summed E-state index contributed by atoms with van der Waals surface area (Å²) in [4.78, 5) is 41.6. The molecule has 3 heterocycles. The third-order valence-corrected chi connectivity index (χ3v) is 5.20. The Bertz CT molecular complexity index is 1090. The number of aryl methyl sites for hydroxylation is 1. The van der Waals surface area contributed by atoms with E-state index < -0.39 is 0 Å². The first kappa shape index (κ1) is 19.8. The van der Waals surface area contributed by atoms with Gasteiger partial charge in [0, 0.05) is 36.1 Å². The van der Waals surface area contributed by atoms with Gasteiger partial charge in [0.2, 0.25) is 11.2 Å². The van der Waals surface area contributed by atoms with E-state index >= 15 is 0 Å². The highest BCUT2D eigenvalue weighted by atomic mass is 16.5. The number of piperidine rings is 1. The number of aromatic amines is 1. The number of carbonyl (C=O) groups is 2. The fraction of sp³-hybridized carbons (Fsp3) is 0.318. The number of rotatable bonds is 5. The maximum atomic E-state index is 12.8. The molecule has 0 aliphatic carbocycles. The molecule has 156 valence electrons. The Morgan fingerprint density at radius 1 is 1.23 bits per heavy atom. The first-order valence-electron chi connectivity index (χ1n) is 9.88. The van der Waals surface area contributed by atoms with Crippen LogP contribution in [0.1, 0.15) is 29.1 Å². The van der Waals surface area contributed by atoms with Crippen LogP contribution in [0.15, 0.2) is 51.9 Å². The Balaban J connectivity index is 1.26. The van der Waals surface area contributed by atoms with Crippen molar-refractivity contribution in [1.82, 2.24) is 15.2 Å². The van der Waals surface area contributed by atoms with Crippen molar-refractivity contribution < 1.29 is 18.7 Å². The Hall–Kier alpha value is -3.55. The Labute approximate surface area is 172 Å². The van der Waals surface area contributed by atoms with Crippen LogP contribution in [0.4, 0.5) is 0 Å². The van der Waals surface area contributed by atoms with Gasteiger partial charge >= 0.3 is 0 Å². The van der Waals surface area contributed by atoms with E-state index in [1.54, 1.807) is 11.8 Å². The molecule has 0 atom stereocenters. The standard InChI is InChI=1S/C22H23N3O5/c1-14-10-19(26)20(12-29-14)30-13-21(27)23-16-6-8-25(9-7-16)22(28)18-11-15-4-2-3-5-17(15)24-18/h2-5,10-12,16,24H,6-9,13H2,1H3,(H,23,27). The van der Waals surface area contributed by atoms with E-state index in [1.807, 2.05) is 30.3 Å². The Morgan fingerprint density at radius 2 is 2.00 bits per heavy atom. The summed E-state index contributed by atoms with van der Waals surface area (Å²) < 4.78 is 10.4. The van der Waals surface area contributed by atoms with E-state index in [2.05, 4.69) is 10.3 Å². The van der Waals surface area contributed by atoms with Crippen molar-refractivity contribution in [2.45, 2.75) is 25.8 Å². The molecule has 0 spiro atoms. The second kappa shape index (κ2) is 8.44. The van der Waals surface area contributed by atoms with Gasteiger partial charge in [0.25, 0.3) is 11.8 Å². The molecule has 1 aliphatic heterocycles. The highest BCUT2D eigenvalue weighted by molar-refractivity contribution is 5.98. The van der Waals surface area contributed by atoms with Crippen LogP contribution in [0, 0.1) is 6.92 Å². The average Bonchev–Trinajstić information content (AvgIpc) is 3.17. The number of amides is 2. The van der Waals surface area contributed by atoms with Gasteiger partial charge in [-0.2, -0.15) is 0 Å². The summed E-state index contributed by atoms with van der Waals surface area (Å²) in [6, 6.07) is 10.9. The molecular formula is C22H23N3O5. The van der Waals surface area contributed by atoms with Gasteiger partial charge in [0.05, 0.1) is 0 Å². The number of ether oxygens (including phenoxy) is 1. The van der Waals surface area contributed by atoms with Crippen LogP contribution in [0.5, 0.6) is 5.75 Å². The van der Waals surface area contributed by atoms with Gasteiger partial charge in [0.1, 0.15) is 17.7 Å². The number of benzene rings is 1. The average molecular weight is 409 g/mol. The van der Waals surface area contributed by atoms with Crippen LogP contribution in [-0.2, 0) is 4.79 Å². The van der Waals surface area contributed by atoms with Gasteiger partial charge in [-0.05, 0) is 31.9 Å². The van der Waals surface area contributed by atoms with Gasteiger partial charge in [0.15, 0.2) is 6.61 Å². The number of carbonyl (C=O) groups excluding carboxylic acids is 2. The SMILES string of the molecule is Cc1cc(=O)c(OCC(=O)NC2CCN(C(=O)c3cc4ccccc4[nH]3)CC2)co1. The number of hydrogen-bond donors (Lipinski definition) is 2. The predicted octanol–water partition coefficient (Wildman–Crippen LogP) is 2.23. The zero-order valence-electron chi connectivity index (χ0n) is 16.6. The molecule has 3 aromatic rings. The molecule has 8 nitrogen and oxygen atoms in total. The smallest absolute Gasteiger partial charge is 0.270 e. The van der Waals surface area contributed by atoms with Gasteiger partial charge in [-0.25, -0.2) is 0 Å². The summed E-state index contributed by atoms with van der Waals surface area (Å²) in [7, 11) is 0. The number of aromatic nitrogens is 1. The van der Waals surface area contributed by atoms with Crippen molar-refractivity contribution in [1.29, 1.82) is 0 Å². The summed E-state index contributed by atoms with van der Waals surface area (Å²) in [5.74, 6) is 0.140. The van der Waals surface area contributed by atoms with E-state index in [0.29, 0.717) is 37.4 Å². The topological polar surface area (TPSA) is 105 Å².